The number of sulfonamides is 1. The van der Waals surface area contributed by atoms with E-state index in [1.165, 1.54) is 6.07 Å². The quantitative estimate of drug-likeness (QED) is 0.774. The Balaban J connectivity index is 2.33. The lowest BCUT2D eigenvalue weighted by atomic mass is 10.2. The summed E-state index contributed by atoms with van der Waals surface area (Å²) in [4.78, 5) is 10.4. The van der Waals surface area contributed by atoms with Crippen LogP contribution in [0.25, 0.3) is 0 Å². The highest BCUT2D eigenvalue weighted by Gasteiger charge is 2.18. The van der Waals surface area contributed by atoms with Crippen molar-refractivity contribution in [3.05, 3.63) is 53.6 Å². The van der Waals surface area contributed by atoms with E-state index in [4.69, 9.17) is 5.11 Å². The molecule has 0 atom stereocenters. The highest BCUT2D eigenvalue weighted by Crippen LogP contribution is 2.26. The van der Waals surface area contributed by atoms with E-state index in [2.05, 4.69) is 4.72 Å². The number of carboxylic acid groups (broad SMARTS) is 1. The number of carboxylic acids is 1. The molecule has 0 heterocycles. The number of carbonyl (C=O) groups is 1. The van der Waals surface area contributed by atoms with Gasteiger partial charge in [-0.1, -0.05) is 12.1 Å². The van der Waals surface area contributed by atoms with Gasteiger partial charge in [-0.3, -0.25) is 4.72 Å². The molecule has 0 aliphatic rings. The van der Waals surface area contributed by atoms with Gasteiger partial charge in [0.15, 0.2) is 0 Å². The van der Waals surface area contributed by atoms with Gasteiger partial charge in [0, 0.05) is 11.6 Å². The minimum Gasteiger partial charge on any atom is -0.507 e. The van der Waals surface area contributed by atoms with Crippen LogP contribution in [0.4, 0.5) is 14.5 Å². The first-order valence-electron chi connectivity index (χ1n) is 6.18. The molecule has 0 saturated carbocycles. The summed E-state index contributed by atoms with van der Waals surface area (Å²) in [6.07, 6.45) is -2.82. The molecule has 0 unspecified atom stereocenters. The number of hydrogen-bond acceptors (Lipinski definition) is 4. The summed E-state index contributed by atoms with van der Waals surface area (Å²) in [5.41, 5.74) is -0.945. The molecule has 2 aromatic carbocycles. The van der Waals surface area contributed by atoms with E-state index in [9.17, 15) is 27.1 Å². The predicted molar refractivity (Wildman–Crippen MR) is 77.3 cm³/mol. The van der Waals surface area contributed by atoms with Gasteiger partial charge in [0.05, 0.1) is 10.6 Å². The van der Waals surface area contributed by atoms with Gasteiger partial charge in [-0.05, 0) is 24.3 Å². The number of hydrogen-bond donors (Lipinski definition) is 3. The fourth-order valence-electron chi connectivity index (χ4n) is 1.81. The Morgan fingerprint density at radius 3 is 2.39 bits per heavy atom. The molecule has 0 fully saturated rings. The van der Waals surface area contributed by atoms with Gasteiger partial charge in [0.25, 0.3) is 16.4 Å². The summed E-state index contributed by atoms with van der Waals surface area (Å²) in [5, 5.41) is 18.3. The molecule has 0 aliphatic carbocycles. The summed E-state index contributed by atoms with van der Waals surface area (Å²) in [6.45, 7) is 0. The van der Waals surface area contributed by atoms with Crippen LogP contribution in [0.2, 0.25) is 0 Å². The second kappa shape index (κ2) is 6.21. The average Bonchev–Trinajstić information content (AvgIpc) is 2.46. The summed E-state index contributed by atoms with van der Waals surface area (Å²) < 4.78 is 51.6. The van der Waals surface area contributed by atoms with Crippen molar-refractivity contribution in [3.63, 3.8) is 0 Å². The standard InChI is InChI=1S/C14H11F2NO5S/c15-13(16)8-2-1-3-10(6-8)23(21,22)17-9-4-5-11(14(19)20)12(18)7-9/h1-7,13,17-18H,(H,19,20). The number of rotatable bonds is 5. The van der Waals surface area contributed by atoms with Crippen LogP contribution < -0.4 is 4.72 Å². The summed E-state index contributed by atoms with van der Waals surface area (Å²) in [6, 6.07) is 7.32. The van der Waals surface area contributed by atoms with E-state index in [0.29, 0.717) is 0 Å². The molecule has 6 nitrogen and oxygen atoms in total. The van der Waals surface area contributed by atoms with Crippen molar-refractivity contribution in [1.29, 1.82) is 0 Å². The normalized spacial score (nSPS) is 11.4. The third-order valence-corrected chi connectivity index (χ3v) is 4.28. The fourth-order valence-corrected chi connectivity index (χ4v) is 2.91. The summed E-state index contributed by atoms with van der Waals surface area (Å²) in [5.74, 6) is -2.00. The zero-order valence-electron chi connectivity index (χ0n) is 11.4. The van der Waals surface area contributed by atoms with Crippen molar-refractivity contribution in [2.24, 2.45) is 0 Å². The van der Waals surface area contributed by atoms with Crippen LogP contribution in [0.3, 0.4) is 0 Å². The Morgan fingerprint density at radius 1 is 1.13 bits per heavy atom. The fraction of sp³-hybridized carbons (Fsp3) is 0.0714. The molecule has 0 spiro atoms. The largest absolute Gasteiger partial charge is 0.507 e. The number of nitrogens with one attached hydrogen (secondary N) is 1. The topological polar surface area (TPSA) is 104 Å². The maximum absolute atomic E-state index is 12.6. The molecule has 122 valence electrons. The predicted octanol–water partition coefficient (Wildman–Crippen LogP) is 2.83. The number of aromatic carboxylic acids is 1. The molecule has 0 amide bonds. The zero-order valence-corrected chi connectivity index (χ0v) is 12.2. The van der Waals surface area contributed by atoms with Gasteiger partial charge < -0.3 is 10.2 Å². The second-order valence-electron chi connectivity index (χ2n) is 4.52. The molecule has 0 bridgehead atoms. The van der Waals surface area contributed by atoms with Crippen molar-refractivity contribution in [2.75, 3.05) is 4.72 Å². The van der Waals surface area contributed by atoms with E-state index >= 15 is 0 Å². The SMILES string of the molecule is O=C(O)c1ccc(NS(=O)(=O)c2cccc(C(F)F)c2)cc1O. The van der Waals surface area contributed by atoms with Gasteiger partial charge in [0.2, 0.25) is 0 Å². The van der Waals surface area contributed by atoms with Crippen molar-refractivity contribution < 1.29 is 32.2 Å². The molecule has 2 aromatic rings. The molecule has 0 aliphatic heterocycles. The summed E-state index contributed by atoms with van der Waals surface area (Å²) >= 11 is 0. The van der Waals surface area contributed by atoms with Crippen LogP contribution in [0.5, 0.6) is 5.75 Å². The Bertz CT molecular complexity index is 852. The van der Waals surface area contributed by atoms with Crippen LogP contribution in [0.1, 0.15) is 22.3 Å². The van der Waals surface area contributed by atoms with Gasteiger partial charge in [-0.2, -0.15) is 0 Å². The lowest BCUT2D eigenvalue weighted by molar-refractivity contribution is 0.0693. The molecule has 9 heteroatoms. The monoisotopic (exact) mass is 343 g/mol. The minimum atomic E-state index is -4.16. The Hall–Kier alpha value is -2.68. The lowest BCUT2D eigenvalue weighted by Gasteiger charge is -2.10. The Kier molecular flexibility index (Phi) is 4.50. The third-order valence-electron chi connectivity index (χ3n) is 2.90. The maximum atomic E-state index is 12.6. The number of halogens is 2. The van der Waals surface area contributed by atoms with Crippen molar-refractivity contribution in [3.8, 4) is 5.75 Å². The number of phenols is 1. The molecule has 0 saturated heterocycles. The van der Waals surface area contributed by atoms with Gasteiger partial charge in [-0.25, -0.2) is 22.0 Å². The van der Waals surface area contributed by atoms with Crippen LogP contribution in [-0.4, -0.2) is 24.6 Å². The lowest BCUT2D eigenvalue weighted by Crippen LogP contribution is -2.13. The first-order valence-corrected chi connectivity index (χ1v) is 7.66. The number of aromatic hydroxyl groups is 1. The van der Waals surface area contributed by atoms with Crippen LogP contribution in [-0.2, 0) is 10.0 Å². The van der Waals surface area contributed by atoms with Gasteiger partial charge in [-0.15, -0.1) is 0 Å². The smallest absolute Gasteiger partial charge is 0.339 e. The van der Waals surface area contributed by atoms with E-state index < -0.39 is 39.3 Å². The van der Waals surface area contributed by atoms with Crippen LogP contribution in [0.15, 0.2) is 47.4 Å². The summed E-state index contributed by atoms with van der Waals surface area (Å²) in [7, 11) is -4.16. The molecule has 3 N–H and O–H groups in total. The van der Waals surface area contributed by atoms with Gasteiger partial charge >= 0.3 is 5.97 Å². The first-order chi connectivity index (χ1) is 10.7. The zero-order chi connectivity index (χ0) is 17.2. The van der Waals surface area contributed by atoms with Crippen molar-refractivity contribution in [1.82, 2.24) is 0 Å². The van der Waals surface area contributed by atoms with E-state index in [1.54, 1.807) is 0 Å². The van der Waals surface area contributed by atoms with E-state index in [0.717, 1.165) is 36.4 Å². The van der Waals surface area contributed by atoms with E-state index in [-0.39, 0.29) is 10.6 Å². The Labute approximate surface area is 130 Å². The average molecular weight is 343 g/mol. The highest BCUT2D eigenvalue weighted by atomic mass is 32.2. The molecule has 2 rings (SSSR count). The highest BCUT2D eigenvalue weighted by molar-refractivity contribution is 7.92. The second-order valence-corrected chi connectivity index (χ2v) is 6.20. The van der Waals surface area contributed by atoms with Crippen molar-refractivity contribution in [2.45, 2.75) is 11.3 Å². The Morgan fingerprint density at radius 2 is 1.83 bits per heavy atom. The molecular formula is C14H11F2NO5S. The molecule has 23 heavy (non-hydrogen) atoms. The van der Waals surface area contributed by atoms with Crippen molar-refractivity contribution >= 4 is 21.7 Å². The molecule has 0 radical (unpaired) electrons. The number of anilines is 1. The van der Waals surface area contributed by atoms with E-state index in [1.807, 2.05) is 0 Å². The maximum Gasteiger partial charge on any atom is 0.339 e. The minimum absolute atomic E-state index is 0.102. The molecular weight excluding hydrogens is 332 g/mol. The van der Waals surface area contributed by atoms with Gasteiger partial charge in [0.1, 0.15) is 11.3 Å². The number of alkyl halides is 2. The van der Waals surface area contributed by atoms with Crippen LogP contribution >= 0.6 is 0 Å². The first kappa shape index (κ1) is 16.7. The molecule has 0 aromatic heterocycles. The van der Waals surface area contributed by atoms with Crippen LogP contribution in [0, 0.1) is 0 Å². The number of benzene rings is 2. The third kappa shape index (κ3) is 3.75.